The van der Waals surface area contributed by atoms with Gasteiger partial charge in [0.1, 0.15) is 29.4 Å². The minimum absolute atomic E-state index is 0.00000342. The van der Waals surface area contributed by atoms with E-state index in [1.165, 1.54) is 11.8 Å². The zero-order valence-electron chi connectivity index (χ0n) is 26.6. The van der Waals surface area contributed by atoms with Crippen LogP contribution in [0.3, 0.4) is 0 Å². The van der Waals surface area contributed by atoms with Gasteiger partial charge < -0.3 is 36.3 Å². The van der Waals surface area contributed by atoms with Gasteiger partial charge >= 0.3 is 12.1 Å². The number of hydrogen-bond acceptors (Lipinski definition) is 13. The number of rotatable bonds is 13. The number of aromatic nitrogens is 2. The van der Waals surface area contributed by atoms with E-state index in [1.807, 2.05) is 37.3 Å². The van der Waals surface area contributed by atoms with E-state index in [-0.39, 0.29) is 48.4 Å². The topological polar surface area (TPSA) is 210 Å². The number of nitrogens with one attached hydrogen (secondary N) is 3. The number of thioether (sulfide) groups is 1. The summed E-state index contributed by atoms with van der Waals surface area (Å²) in [6.45, 7) is 10.1. The van der Waals surface area contributed by atoms with E-state index >= 15 is 0 Å². The standard InChI is InChI=1S/C30H43N7O7S/c1-8-42-28(40)19-15(2)24(31)37-26(36-19)20(33-14-18(25(32)39)35-29(41)44-30(4,5)6)23(45-7)21(38)27-34-16(3)22(43-27)17-12-10-9-11-13-17/h9-13,16,18,20,22-23,27,33-34H,8,14H2,1-7H3,(H2,32,39)(H,35,41)(H2,31,36,37)/t16-,18-,20+,22-,23+,27?/m0/s1. The van der Waals surface area contributed by atoms with Gasteiger partial charge in [0, 0.05) is 18.2 Å². The fourth-order valence-corrected chi connectivity index (χ4v) is 5.54. The molecule has 246 valence electrons. The molecular weight excluding hydrogens is 602 g/mol. The van der Waals surface area contributed by atoms with Crippen molar-refractivity contribution >= 4 is 41.3 Å². The Morgan fingerprint density at radius 3 is 2.40 bits per heavy atom. The fourth-order valence-electron chi connectivity index (χ4n) is 4.70. The van der Waals surface area contributed by atoms with Crippen LogP contribution < -0.4 is 27.4 Å². The Hall–Kier alpha value is -3.79. The molecule has 0 radical (unpaired) electrons. The molecule has 0 bridgehead atoms. The van der Waals surface area contributed by atoms with E-state index in [4.69, 9.17) is 25.7 Å². The highest BCUT2D eigenvalue weighted by atomic mass is 32.2. The number of benzene rings is 1. The van der Waals surface area contributed by atoms with Crippen molar-refractivity contribution in [1.82, 2.24) is 25.9 Å². The van der Waals surface area contributed by atoms with Crippen LogP contribution in [0.2, 0.25) is 0 Å². The molecule has 2 amide bonds. The van der Waals surface area contributed by atoms with Gasteiger partial charge in [-0.2, -0.15) is 11.8 Å². The Labute approximate surface area is 267 Å². The van der Waals surface area contributed by atoms with E-state index in [0.717, 1.165) is 5.56 Å². The summed E-state index contributed by atoms with van der Waals surface area (Å²) >= 11 is 1.19. The molecule has 3 rings (SSSR count). The lowest BCUT2D eigenvalue weighted by molar-refractivity contribution is -0.131. The first kappa shape index (κ1) is 35.7. The van der Waals surface area contributed by atoms with Crippen LogP contribution in [0.1, 0.15) is 74.2 Å². The summed E-state index contributed by atoms with van der Waals surface area (Å²) < 4.78 is 16.6. The predicted octanol–water partition coefficient (Wildman–Crippen LogP) is 1.93. The van der Waals surface area contributed by atoms with Gasteiger partial charge in [0.2, 0.25) is 5.91 Å². The molecule has 1 aromatic heterocycles. The van der Waals surface area contributed by atoms with Crippen LogP contribution in [0.15, 0.2) is 30.3 Å². The zero-order chi connectivity index (χ0) is 33.5. The van der Waals surface area contributed by atoms with Crippen molar-refractivity contribution in [3.8, 4) is 0 Å². The SMILES string of the molecule is CCOC(=O)c1nc([C@H](NC[C@H](NC(=O)OC(C)(C)C)C(N)=O)[C@@H](SC)C(=O)C2N[C@@H](C)[C@@H](c3ccccc3)O2)nc(N)c1C. The van der Waals surface area contributed by atoms with Crippen molar-refractivity contribution in [2.75, 3.05) is 25.1 Å². The number of alkyl carbamates (subject to hydrolysis) is 1. The second kappa shape index (κ2) is 15.5. The molecule has 6 atom stereocenters. The molecule has 2 heterocycles. The van der Waals surface area contributed by atoms with Crippen molar-refractivity contribution in [2.24, 2.45) is 5.73 Å². The Balaban J connectivity index is 1.98. The number of amides is 2. The quantitative estimate of drug-likeness (QED) is 0.197. The molecule has 0 saturated carbocycles. The van der Waals surface area contributed by atoms with Crippen LogP contribution >= 0.6 is 11.8 Å². The fraction of sp³-hybridized carbons (Fsp3) is 0.533. The highest BCUT2D eigenvalue weighted by Gasteiger charge is 2.43. The molecule has 1 aliphatic rings. The van der Waals surface area contributed by atoms with Gasteiger partial charge in [0.25, 0.3) is 0 Å². The molecule has 0 spiro atoms. The van der Waals surface area contributed by atoms with Gasteiger partial charge in [-0.15, -0.1) is 0 Å². The summed E-state index contributed by atoms with van der Waals surface area (Å²) in [5, 5.41) is 7.86. The molecule has 1 unspecified atom stereocenters. The average molecular weight is 646 g/mol. The van der Waals surface area contributed by atoms with Crippen LogP contribution in [0, 0.1) is 6.92 Å². The van der Waals surface area contributed by atoms with E-state index in [2.05, 4.69) is 25.9 Å². The Morgan fingerprint density at radius 2 is 1.82 bits per heavy atom. The molecule has 14 nitrogen and oxygen atoms in total. The van der Waals surface area contributed by atoms with Crippen LogP contribution in [0.5, 0.6) is 0 Å². The second-order valence-electron chi connectivity index (χ2n) is 11.5. The maximum atomic E-state index is 14.1. The lowest BCUT2D eigenvalue weighted by Crippen LogP contribution is -2.53. The third kappa shape index (κ3) is 9.36. The van der Waals surface area contributed by atoms with Gasteiger partial charge in [-0.3, -0.25) is 14.9 Å². The van der Waals surface area contributed by atoms with Crippen molar-refractivity contribution in [2.45, 2.75) is 82.9 Å². The molecule has 1 aliphatic heterocycles. The number of anilines is 1. The molecule has 1 aromatic carbocycles. The highest BCUT2D eigenvalue weighted by Crippen LogP contribution is 2.33. The number of primary amides is 1. The second-order valence-corrected chi connectivity index (χ2v) is 12.5. The maximum absolute atomic E-state index is 14.1. The number of hydrogen-bond donors (Lipinski definition) is 5. The summed E-state index contributed by atoms with van der Waals surface area (Å²) in [4.78, 5) is 60.5. The van der Waals surface area contributed by atoms with Crippen LogP contribution in [0.4, 0.5) is 10.6 Å². The minimum Gasteiger partial charge on any atom is -0.461 e. The first-order valence-electron chi connectivity index (χ1n) is 14.5. The van der Waals surface area contributed by atoms with Gasteiger partial charge in [-0.1, -0.05) is 30.3 Å². The zero-order valence-corrected chi connectivity index (χ0v) is 27.4. The third-order valence-electron chi connectivity index (χ3n) is 6.90. The Kier molecular flexibility index (Phi) is 12.3. The maximum Gasteiger partial charge on any atom is 0.408 e. The molecule has 1 saturated heterocycles. The van der Waals surface area contributed by atoms with E-state index in [0.29, 0.717) is 5.56 Å². The number of ether oxygens (including phenoxy) is 3. The van der Waals surface area contributed by atoms with Crippen molar-refractivity contribution < 1.29 is 33.4 Å². The van der Waals surface area contributed by atoms with E-state index in [1.54, 1.807) is 40.9 Å². The molecular formula is C30H43N7O7S. The summed E-state index contributed by atoms with van der Waals surface area (Å²) in [5.41, 5.74) is 12.1. The molecule has 0 aliphatic carbocycles. The summed E-state index contributed by atoms with van der Waals surface area (Å²) in [5.74, 6) is -1.90. The monoisotopic (exact) mass is 645 g/mol. The lowest BCUT2D eigenvalue weighted by atomic mass is 10.0. The molecule has 1 fully saturated rings. The number of nitrogens with zero attached hydrogens (tertiary/aromatic N) is 2. The van der Waals surface area contributed by atoms with Crippen LogP contribution in [-0.4, -0.2) is 82.3 Å². The number of nitrogens with two attached hydrogens (primary N) is 2. The molecule has 45 heavy (non-hydrogen) atoms. The summed E-state index contributed by atoms with van der Waals surface area (Å²) in [6, 6.07) is 7.08. The lowest BCUT2D eigenvalue weighted by Gasteiger charge is -2.29. The van der Waals surface area contributed by atoms with Crippen LogP contribution in [0.25, 0.3) is 0 Å². The van der Waals surface area contributed by atoms with Crippen molar-refractivity contribution in [3.05, 3.63) is 53.0 Å². The number of nitrogen functional groups attached to an aromatic ring is 1. The van der Waals surface area contributed by atoms with Crippen LogP contribution in [-0.2, 0) is 23.8 Å². The number of carbonyl (C=O) groups is 4. The smallest absolute Gasteiger partial charge is 0.408 e. The highest BCUT2D eigenvalue weighted by molar-refractivity contribution is 8.00. The Bertz CT molecular complexity index is 1370. The predicted molar refractivity (Wildman–Crippen MR) is 169 cm³/mol. The molecule has 2 aromatic rings. The number of Topliss-reactive ketones (excluding diaryl/α,β-unsaturated/α-hetero) is 1. The third-order valence-corrected chi connectivity index (χ3v) is 7.91. The Morgan fingerprint density at radius 1 is 1.16 bits per heavy atom. The number of ketones is 1. The number of esters is 1. The van der Waals surface area contributed by atoms with Gasteiger partial charge in [0.05, 0.1) is 17.9 Å². The largest absolute Gasteiger partial charge is 0.461 e. The van der Waals surface area contributed by atoms with Gasteiger partial charge in [-0.25, -0.2) is 19.6 Å². The van der Waals surface area contributed by atoms with Crippen molar-refractivity contribution in [3.63, 3.8) is 0 Å². The normalized spacial score (nSPS) is 20.1. The van der Waals surface area contributed by atoms with Gasteiger partial charge in [0.15, 0.2) is 17.7 Å². The van der Waals surface area contributed by atoms with E-state index in [9.17, 15) is 19.2 Å². The molecule has 7 N–H and O–H groups in total. The first-order chi connectivity index (χ1) is 21.2. The summed E-state index contributed by atoms with van der Waals surface area (Å²) in [6.07, 6.45) is -0.510. The molecule has 15 heteroatoms. The summed E-state index contributed by atoms with van der Waals surface area (Å²) in [7, 11) is 0. The average Bonchev–Trinajstić information content (AvgIpc) is 3.36. The minimum atomic E-state index is -1.24. The van der Waals surface area contributed by atoms with Crippen molar-refractivity contribution in [1.29, 1.82) is 0 Å². The van der Waals surface area contributed by atoms with Gasteiger partial charge in [-0.05, 0) is 53.4 Å². The number of carbonyl (C=O) groups excluding carboxylic acids is 4. The first-order valence-corrected chi connectivity index (χ1v) is 15.8. The van der Waals surface area contributed by atoms with E-state index < -0.39 is 47.1 Å².